The molecule has 3 heteroatoms. The molecule has 0 amide bonds. The standard InChI is InChI=1S/C19H36O3/c1-3-4-5-12-15-18(20)16-13-10-8-6-7-9-11-14-17(2)19(21)22/h10,13,17-18,20H,3-9,11-12,14-16H2,1-2H3,(H,21,22)/b13-10+. The first-order valence-electron chi connectivity index (χ1n) is 9.13. The van der Waals surface area contributed by atoms with Gasteiger partial charge in [0.05, 0.1) is 12.0 Å². The summed E-state index contributed by atoms with van der Waals surface area (Å²) in [5, 5.41) is 18.6. The molecule has 0 aromatic rings. The highest BCUT2D eigenvalue weighted by molar-refractivity contribution is 5.69. The Morgan fingerprint density at radius 2 is 1.59 bits per heavy atom. The van der Waals surface area contributed by atoms with Crippen LogP contribution in [0.5, 0.6) is 0 Å². The second-order valence-corrected chi connectivity index (χ2v) is 6.44. The predicted octanol–water partition coefficient (Wildman–Crippen LogP) is 5.33. The molecule has 0 rings (SSSR count). The fourth-order valence-electron chi connectivity index (χ4n) is 2.49. The summed E-state index contributed by atoms with van der Waals surface area (Å²) in [6, 6.07) is 0. The number of aliphatic hydroxyl groups excluding tert-OH is 1. The molecule has 2 atom stereocenters. The zero-order valence-corrected chi connectivity index (χ0v) is 14.6. The lowest BCUT2D eigenvalue weighted by molar-refractivity contribution is -0.141. The second-order valence-electron chi connectivity index (χ2n) is 6.44. The first-order valence-corrected chi connectivity index (χ1v) is 9.13. The van der Waals surface area contributed by atoms with Crippen molar-refractivity contribution in [1.82, 2.24) is 0 Å². The van der Waals surface area contributed by atoms with Gasteiger partial charge in [-0.15, -0.1) is 0 Å². The molecule has 130 valence electrons. The number of carboxylic acids is 1. The summed E-state index contributed by atoms with van der Waals surface area (Å²) in [4.78, 5) is 10.7. The Balaban J connectivity index is 3.34. The van der Waals surface area contributed by atoms with Crippen LogP contribution >= 0.6 is 0 Å². The van der Waals surface area contributed by atoms with E-state index in [9.17, 15) is 9.90 Å². The second kappa shape index (κ2) is 15.1. The summed E-state index contributed by atoms with van der Waals surface area (Å²) >= 11 is 0. The number of carboxylic acid groups (broad SMARTS) is 1. The fourth-order valence-corrected chi connectivity index (χ4v) is 2.49. The maximum absolute atomic E-state index is 10.7. The van der Waals surface area contributed by atoms with Crippen molar-refractivity contribution in [3.8, 4) is 0 Å². The molecule has 0 aromatic heterocycles. The van der Waals surface area contributed by atoms with E-state index in [-0.39, 0.29) is 12.0 Å². The van der Waals surface area contributed by atoms with Crippen LogP contribution < -0.4 is 0 Å². The van der Waals surface area contributed by atoms with Gasteiger partial charge in [0.15, 0.2) is 0 Å². The van der Waals surface area contributed by atoms with Gasteiger partial charge in [0.2, 0.25) is 0 Å². The van der Waals surface area contributed by atoms with Gasteiger partial charge in [-0.05, 0) is 32.1 Å². The zero-order chi connectivity index (χ0) is 16.6. The monoisotopic (exact) mass is 312 g/mol. The Labute approximate surface area is 136 Å². The van der Waals surface area contributed by atoms with Crippen molar-refractivity contribution in [2.24, 2.45) is 5.92 Å². The van der Waals surface area contributed by atoms with Crippen LogP contribution in [-0.2, 0) is 4.79 Å². The van der Waals surface area contributed by atoms with Crippen LogP contribution in [0.4, 0.5) is 0 Å². The lowest BCUT2D eigenvalue weighted by Crippen LogP contribution is -2.08. The number of hydrogen-bond donors (Lipinski definition) is 2. The number of aliphatic carboxylic acids is 1. The largest absolute Gasteiger partial charge is 0.481 e. The Kier molecular flexibility index (Phi) is 14.5. The van der Waals surface area contributed by atoms with Crippen molar-refractivity contribution >= 4 is 5.97 Å². The Hall–Kier alpha value is -0.830. The van der Waals surface area contributed by atoms with E-state index < -0.39 is 5.97 Å². The first kappa shape index (κ1) is 21.2. The van der Waals surface area contributed by atoms with Crippen LogP contribution in [0.1, 0.15) is 90.9 Å². The molecule has 0 fully saturated rings. The highest BCUT2D eigenvalue weighted by Crippen LogP contribution is 2.12. The number of aliphatic hydroxyl groups is 1. The van der Waals surface area contributed by atoms with E-state index >= 15 is 0 Å². The third-order valence-corrected chi connectivity index (χ3v) is 4.15. The van der Waals surface area contributed by atoms with Gasteiger partial charge in [0.25, 0.3) is 0 Å². The summed E-state index contributed by atoms with van der Waals surface area (Å²) in [6.45, 7) is 3.98. The Bertz CT molecular complexity index is 286. The van der Waals surface area contributed by atoms with Gasteiger partial charge in [-0.25, -0.2) is 0 Å². The molecule has 0 radical (unpaired) electrons. The molecule has 22 heavy (non-hydrogen) atoms. The van der Waals surface area contributed by atoms with Gasteiger partial charge in [0.1, 0.15) is 0 Å². The van der Waals surface area contributed by atoms with Crippen LogP contribution in [0.25, 0.3) is 0 Å². The van der Waals surface area contributed by atoms with Crippen molar-refractivity contribution in [3.63, 3.8) is 0 Å². The molecule has 2 N–H and O–H groups in total. The smallest absolute Gasteiger partial charge is 0.306 e. The maximum Gasteiger partial charge on any atom is 0.306 e. The number of hydrogen-bond acceptors (Lipinski definition) is 2. The molecule has 0 bridgehead atoms. The minimum absolute atomic E-state index is 0.175. The van der Waals surface area contributed by atoms with Crippen molar-refractivity contribution in [2.75, 3.05) is 0 Å². The van der Waals surface area contributed by atoms with Crippen molar-refractivity contribution in [2.45, 2.75) is 97.0 Å². The molecule has 0 aliphatic heterocycles. The predicted molar refractivity (Wildman–Crippen MR) is 93.0 cm³/mol. The van der Waals surface area contributed by atoms with E-state index in [4.69, 9.17) is 5.11 Å². The minimum Gasteiger partial charge on any atom is -0.481 e. The molecule has 0 heterocycles. The summed E-state index contributed by atoms with van der Waals surface area (Å²) in [5.41, 5.74) is 0. The van der Waals surface area contributed by atoms with Crippen LogP contribution in [0.2, 0.25) is 0 Å². The van der Waals surface area contributed by atoms with Crippen LogP contribution in [0, 0.1) is 5.92 Å². The SMILES string of the molecule is CCCCCCC(O)C/C=C/CCCCCCC(C)C(=O)O. The topological polar surface area (TPSA) is 57.5 Å². The molecule has 3 nitrogen and oxygen atoms in total. The molecule has 0 aromatic carbocycles. The average molecular weight is 312 g/mol. The highest BCUT2D eigenvalue weighted by Gasteiger charge is 2.09. The van der Waals surface area contributed by atoms with E-state index in [1.165, 1.54) is 19.3 Å². The van der Waals surface area contributed by atoms with E-state index in [1.807, 2.05) is 0 Å². The van der Waals surface area contributed by atoms with E-state index in [2.05, 4.69) is 19.1 Å². The molecular weight excluding hydrogens is 276 g/mol. The summed E-state index contributed by atoms with van der Waals surface area (Å²) in [7, 11) is 0. The third-order valence-electron chi connectivity index (χ3n) is 4.15. The average Bonchev–Trinajstić information content (AvgIpc) is 2.49. The van der Waals surface area contributed by atoms with Crippen molar-refractivity contribution in [1.29, 1.82) is 0 Å². The van der Waals surface area contributed by atoms with Gasteiger partial charge >= 0.3 is 5.97 Å². The number of rotatable bonds is 15. The summed E-state index contributed by atoms with van der Waals surface area (Å²) < 4.78 is 0. The summed E-state index contributed by atoms with van der Waals surface area (Å²) in [5.74, 6) is -0.894. The zero-order valence-electron chi connectivity index (χ0n) is 14.6. The van der Waals surface area contributed by atoms with Crippen molar-refractivity contribution in [3.05, 3.63) is 12.2 Å². The minimum atomic E-state index is -0.684. The quantitative estimate of drug-likeness (QED) is 0.317. The van der Waals surface area contributed by atoms with Crippen molar-refractivity contribution < 1.29 is 15.0 Å². The third kappa shape index (κ3) is 14.1. The van der Waals surface area contributed by atoms with Gasteiger partial charge in [-0.3, -0.25) is 4.79 Å². The first-order chi connectivity index (χ1) is 10.6. The summed E-state index contributed by atoms with van der Waals surface area (Å²) in [6.07, 6.45) is 17.0. The van der Waals surface area contributed by atoms with Gasteiger partial charge in [0, 0.05) is 0 Å². The molecule has 0 aliphatic carbocycles. The van der Waals surface area contributed by atoms with E-state index in [0.29, 0.717) is 0 Å². The van der Waals surface area contributed by atoms with Gasteiger partial charge < -0.3 is 10.2 Å². The Morgan fingerprint density at radius 1 is 0.955 bits per heavy atom. The molecule has 0 saturated carbocycles. The Morgan fingerprint density at radius 3 is 2.27 bits per heavy atom. The van der Waals surface area contributed by atoms with E-state index in [0.717, 1.165) is 57.8 Å². The maximum atomic E-state index is 10.7. The fraction of sp³-hybridized carbons (Fsp3) is 0.842. The van der Waals surface area contributed by atoms with Crippen LogP contribution in [0.3, 0.4) is 0 Å². The lowest BCUT2D eigenvalue weighted by Gasteiger charge is -2.07. The molecular formula is C19H36O3. The molecule has 0 aliphatic rings. The molecule has 0 spiro atoms. The van der Waals surface area contributed by atoms with Gasteiger partial charge in [-0.2, -0.15) is 0 Å². The molecule has 2 unspecified atom stereocenters. The highest BCUT2D eigenvalue weighted by atomic mass is 16.4. The van der Waals surface area contributed by atoms with Gasteiger partial charge in [-0.1, -0.05) is 70.9 Å². The van der Waals surface area contributed by atoms with E-state index in [1.54, 1.807) is 6.92 Å². The molecule has 0 saturated heterocycles. The number of unbranched alkanes of at least 4 members (excludes halogenated alkanes) is 7. The van der Waals surface area contributed by atoms with Crippen LogP contribution in [0.15, 0.2) is 12.2 Å². The number of carbonyl (C=O) groups is 1. The normalized spacial score (nSPS) is 14.3. The van der Waals surface area contributed by atoms with Crippen LogP contribution in [-0.4, -0.2) is 22.3 Å². The number of allylic oxidation sites excluding steroid dienone is 1. The lowest BCUT2D eigenvalue weighted by atomic mass is 10.0.